The highest BCUT2D eigenvalue weighted by molar-refractivity contribution is 6.52. The third kappa shape index (κ3) is 3.93. The van der Waals surface area contributed by atoms with E-state index in [2.05, 4.69) is 5.32 Å². The summed E-state index contributed by atoms with van der Waals surface area (Å²) in [6, 6.07) is 25.5. The summed E-state index contributed by atoms with van der Waals surface area (Å²) in [5.74, 6) is 0.259. The van der Waals surface area contributed by atoms with Crippen LogP contribution in [0.25, 0.3) is 0 Å². The van der Waals surface area contributed by atoms with Crippen LogP contribution in [0.15, 0.2) is 95.7 Å². The Bertz CT molecular complexity index is 1100. The summed E-state index contributed by atoms with van der Waals surface area (Å²) in [6.07, 6.45) is 0. The Morgan fingerprint density at radius 3 is 2.00 bits per heavy atom. The first-order valence-electron chi connectivity index (χ1n) is 9.47. The van der Waals surface area contributed by atoms with Gasteiger partial charge in [0.25, 0.3) is 11.8 Å². The van der Waals surface area contributed by atoms with Gasteiger partial charge >= 0.3 is 0 Å². The van der Waals surface area contributed by atoms with Crippen molar-refractivity contribution in [3.8, 4) is 11.5 Å². The Balaban J connectivity index is 1.50. The molecule has 1 heterocycles. The molecule has 0 saturated heterocycles. The van der Waals surface area contributed by atoms with Crippen LogP contribution >= 0.6 is 11.6 Å². The molecule has 1 aliphatic heterocycles. The molecule has 0 spiro atoms. The molecule has 5 nitrogen and oxygen atoms in total. The van der Waals surface area contributed by atoms with Crippen molar-refractivity contribution in [2.24, 2.45) is 0 Å². The number of rotatable bonds is 6. The maximum absolute atomic E-state index is 12.9. The minimum Gasteiger partial charge on any atom is -0.457 e. The van der Waals surface area contributed by atoms with Crippen LogP contribution in [0.2, 0.25) is 0 Å². The molecular weight excluding hydrogens is 400 g/mol. The van der Waals surface area contributed by atoms with Crippen LogP contribution in [0.1, 0.15) is 18.5 Å². The summed E-state index contributed by atoms with van der Waals surface area (Å²) >= 11 is 6.22. The highest BCUT2D eigenvalue weighted by atomic mass is 35.5. The van der Waals surface area contributed by atoms with Gasteiger partial charge in [-0.05, 0) is 48.9 Å². The monoisotopic (exact) mass is 418 g/mol. The van der Waals surface area contributed by atoms with E-state index in [1.54, 1.807) is 24.3 Å². The zero-order valence-corrected chi connectivity index (χ0v) is 17.0. The molecule has 1 aliphatic rings. The maximum atomic E-state index is 12.9. The van der Waals surface area contributed by atoms with E-state index in [1.807, 2.05) is 67.6 Å². The molecule has 0 saturated carbocycles. The second-order valence-electron chi connectivity index (χ2n) is 6.82. The molecule has 2 amide bonds. The van der Waals surface area contributed by atoms with Gasteiger partial charge in [-0.15, -0.1) is 0 Å². The van der Waals surface area contributed by atoms with Gasteiger partial charge in [0.15, 0.2) is 0 Å². The highest BCUT2D eigenvalue weighted by Crippen LogP contribution is 2.31. The average molecular weight is 419 g/mol. The first-order chi connectivity index (χ1) is 14.5. The molecule has 6 heteroatoms. The van der Waals surface area contributed by atoms with Gasteiger partial charge in [0.05, 0.1) is 5.69 Å². The number of nitrogens with one attached hydrogen (secondary N) is 1. The zero-order valence-electron chi connectivity index (χ0n) is 16.2. The van der Waals surface area contributed by atoms with Crippen LogP contribution in [0.3, 0.4) is 0 Å². The van der Waals surface area contributed by atoms with Crippen LogP contribution in [0.4, 0.5) is 5.69 Å². The number of imide groups is 1. The van der Waals surface area contributed by atoms with Gasteiger partial charge in [0.1, 0.15) is 22.2 Å². The normalized spacial score (nSPS) is 14.8. The molecule has 3 aromatic rings. The Morgan fingerprint density at radius 1 is 0.800 bits per heavy atom. The van der Waals surface area contributed by atoms with Crippen molar-refractivity contribution < 1.29 is 14.3 Å². The van der Waals surface area contributed by atoms with Gasteiger partial charge in [-0.1, -0.05) is 60.1 Å². The Hall–Kier alpha value is -3.57. The molecule has 1 atom stereocenters. The average Bonchev–Trinajstić information content (AvgIpc) is 2.99. The van der Waals surface area contributed by atoms with Crippen molar-refractivity contribution in [2.45, 2.75) is 13.0 Å². The SMILES string of the molecule is CC(NC1=C(Cl)C(=O)N(c2ccc(Oc3ccccc3)cc2)C1=O)c1ccccc1. The summed E-state index contributed by atoms with van der Waals surface area (Å²) in [5.41, 5.74) is 1.51. The van der Waals surface area contributed by atoms with E-state index >= 15 is 0 Å². The minimum absolute atomic E-state index is 0.0997. The van der Waals surface area contributed by atoms with Crippen LogP contribution < -0.4 is 15.0 Å². The van der Waals surface area contributed by atoms with Gasteiger partial charge < -0.3 is 10.1 Å². The third-order valence-electron chi connectivity index (χ3n) is 4.76. The number of carbonyl (C=O) groups is 2. The Kier molecular flexibility index (Phi) is 5.55. The molecule has 150 valence electrons. The highest BCUT2D eigenvalue weighted by Gasteiger charge is 2.39. The molecule has 30 heavy (non-hydrogen) atoms. The minimum atomic E-state index is -0.554. The second kappa shape index (κ2) is 8.43. The van der Waals surface area contributed by atoms with Crippen molar-refractivity contribution in [2.75, 3.05) is 4.90 Å². The predicted octanol–water partition coefficient (Wildman–Crippen LogP) is 5.15. The summed E-state index contributed by atoms with van der Waals surface area (Å²) in [5, 5.41) is 2.96. The van der Waals surface area contributed by atoms with Crippen molar-refractivity contribution in [3.63, 3.8) is 0 Å². The number of hydrogen-bond acceptors (Lipinski definition) is 4. The maximum Gasteiger partial charge on any atom is 0.283 e. The largest absolute Gasteiger partial charge is 0.457 e. The molecule has 0 bridgehead atoms. The Morgan fingerprint density at radius 2 is 1.37 bits per heavy atom. The molecule has 0 aromatic heterocycles. The second-order valence-corrected chi connectivity index (χ2v) is 7.20. The van der Waals surface area contributed by atoms with Crippen molar-refractivity contribution >= 4 is 29.1 Å². The van der Waals surface area contributed by atoms with E-state index in [-0.39, 0.29) is 16.8 Å². The number of para-hydroxylation sites is 1. The van der Waals surface area contributed by atoms with E-state index in [0.717, 1.165) is 10.5 Å². The molecule has 1 unspecified atom stereocenters. The van der Waals surface area contributed by atoms with Gasteiger partial charge in [0.2, 0.25) is 0 Å². The van der Waals surface area contributed by atoms with E-state index in [9.17, 15) is 9.59 Å². The van der Waals surface area contributed by atoms with E-state index in [1.165, 1.54) is 0 Å². The van der Waals surface area contributed by atoms with Gasteiger partial charge in [-0.2, -0.15) is 0 Å². The summed E-state index contributed by atoms with van der Waals surface area (Å²) < 4.78 is 5.76. The van der Waals surface area contributed by atoms with Crippen LogP contribution in [-0.2, 0) is 9.59 Å². The first-order valence-corrected chi connectivity index (χ1v) is 9.85. The number of hydrogen-bond donors (Lipinski definition) is 1. The quantitative estimate of drug-likeness (QED) is 0.562. The van der Waals surface area contributed by atoms with Crippen LogP contribution in [0, 0.1) is 0 Å². The standard InChI is InChI=1S/C24H19ClN2O3/c1-16(17-8-4-2-5-9-17)26-22-21(25)23(28)27(24(22)29)18-12-14-20(15-13-18)30-19-10-6-3-7-11-19/h2-16,26H,1H3. The van der Waals surface area contributed by atoms with E-state index < -0.39 is 11.8 Å². The molecule has 0 radical (unpaired) electrons. The number of amides is 2. The summed E-state index contributed by atoms with van der Waals surface area (Å²) in [4.78, 5) is 26.7. The molecule has 1 N–H and O–H groups in total. The van der Waals surface area contributed by atoms with Crippen molar-refractivity contribution in [3.05, 3.63) is 101 Å². The fraction of sp³-hybridized carbons (Fsp3) is 0.0833. The number of ether oxygens (including phenoxy) is 1. The van der Waals surface area contributed by atoms with Gasteiger partial charge in [-0.25, -0.2) is 4.90 Å². The smallest absolute Gasteiger partial charge is 0.283 e. The topological polar surface area (TPSA) is 58.6 Å². The lowest BCUT2D eigenvalue weighted by Crippen LogP contribution is -2.34. The predicted molar refractivity (Wildman–Crippen MR) is 116 cm³/mol. The van der Waals surface area contributed by atoms with Crippen molar-refractivity contribution in [1.82, 2.24) is 5.32 Å². The van der Waals surface area contributed by atoms with Crippen molar-refractivity contribution in [1.29, 1.82) is 0 Å². The summed E-state index contributed by atoms with van der Waals surface area (Å²) in [6.45, 7) is 1.91. The third-order valence-corrected chi connectivity index (χ3v) is 5.11. The lowest BCUT2D eigenvalue weighted by Gasteiger charge is -2.18. The molecule has 4 rings (SSSR count). The number of nitrogens with zero attached hydrogens (tertiary/aromatic N) is 1. The molecule has 0 aliphatic carbocycles. The number of carbonyl (C=O) groups excluding carboxylic acids is 2. The fourth-order valence-electron chi connectivity index (χ4n) is 3.19. The number of benzene rings is 3. The number of anilines is 1. The molecule has 3 aromatic carbocycles. The lowest BCUT2D eigenvalue weighted by molar-refractivity contribution is -0.120. The summed E-state index contributed by atoms with van der Waals surface area (Å²) in [7, 11) is 0. The lowest BCUT2D eigenvalue weighted by atomic mass is 10.1. The Labute approximate surface area is 179 Å². The zero-order chi connectivity index (χ0) is 21.1. The van der Waals surface area contributed by atoms with Crippen LogP contribution in [0.5, 0.6) is 11.5 Å². The van der Waals surface area contributed by atoms with E-state index in [0.29, 0.717) is 17.2 Å². The fourth-order valence-corrected chi connectivity index (χ4v) is 3.41. The van der Waals surface area contributed by atoms with Gasteiger partial charge in [-0.3, -0.25) is 9.59 Å². The first kappa shape index (κ1) is 19.7. The van der Waals surface area contributed by atoms with Gasteiger partial charge in [0, 0.05) is 6.04 Å². The molecular formula is C24H19ClN2O3. The van der Waals surface area contributed by atoms with E-state index in [4.69, 9.17) is 16.3 Å². The number of halogens is 1. The van der Waals surface area contributed by atoms with Crippen LogP contribution in [-0.4, -0.2) is 11.8 Å². The molecule has 0 fully saturated rings.